The molecule has 1 aromatic heterocycles. The number of aryl methyl sites for hydroxylation is 4. The number of aromatic nitrogens is 3. The Morgan fingerprint density at radius 2 is 1.61 bits per heavy atom. The Morgan fingerprint density at radius 3 is 2.24 bits per heavy atom. The number of rotatable bonds is 7. The predicted octanol–water partition coefficient (Wildman–Crippen LogP) is 6.15. The van der Waals surface area contributed by atoms with Crippen LogP contribution in [0.3, 0.4) is 0 Å². The summed E-state index contributed by atoms with van der Waals surface area (Å²) >= 11 is 1.39. The minimum absolute atomic E-state index is 0.0628. The van der Waals surface area contributed by atoms with Crippen molar-refractivity contribution in [3.8, 4) is 17.1 Å². The van der Waals surface area contributed by atoms with Gasteiger partial charge in [-0.3, -0.25) is 9.36 Å². The van der Waals surface area contributed by atoms with Crippen molar-refractivity contribution in [1.29, 1.82) is 0 Å². The van der Waals surface area contributed by atoms with E-state index in [1.54, 1.807) is 0 Å². The molecule has 0 radical (unpaired) electrons. The number of hydrogen-bond donors (Lipinski definition) is 1. The van der Waals surface area contributed by atoms with Gasteiger partial charge in [0.1, 0.15) is 0 Å². The first kappa shape index (κ1) is 22.8. The van der Waals surface area contributed by atoms with Crippen LogP contribution in [0.2, 0.25) is 0 Å². The zero-order valence-electron chi connectivity index (χ0n) is 19.4. The first-order valence-electron chi connectivity index (χ1n) is 11.1. The van der Waals surface area contributed by atoms with Crippen molar-refractivity contribution < 1.29 is 4.79 Å². The van der Waals surface area contributed by atoms with Crippen molar-refractivity contribution in [1.82, 2.24) is 14.8 Å². The summed E-state index contributed by atoms with van der Waals surface area (Å²) in [5, 5.41) is 12.7. The summed E-state index contributed by atoms with van der Waals surface area (Å²) in [6.07, 6.45) is 0.980. The Kier molecular flexibility index (Phi) is 6.94. The minimum atomic E-state index is -0.0628. The first-order chi connectivity index (χ1) is 16.0. The van der Waals surface area contributed by atoms with Crippen LogP contribution in [0.5, 0.6) is 0 Å². The van der Waals surface area contributed by atoms with Gasteiger partial charge in [0.2, 0.25) is 5.91 Å². The largest absolute Gasteiger partial charge is 0.325 e. The third kappa shape index (κ3) is 5.17. The van der Waals surface area contributed by atoms with Gasteiger partial charge in [0.05, 0.1) is 5.75 Å². The molecular formula is C27H28N4OS. The Bertz CT molecular complexity index is 1240. The molecule has 4 rings (SSSR count). The van der Waals surface area contributed by atoms with Crippen LogP contribution < -0.4 is 5.32 Å². The van der Waals surface area contributed by atoms with Crippen LogP contribution >= 0.6 is 11.8 Å². The number of nitrogens with zero attached hydrogens (tertiary/aromatic N) is 3. The van der Waals surface area contributed by atoms with E-state index in [0.717, 1.165) is 40.3 Å². The Labute approximate surface area is 199 Å². The molecule has 0 saturated heterocycles. The molecule has 0 spiro atoms. The topological polar surface area (TPSA) is 59.8 Å². The molecule has 0 saturated carbocycles. The molecule has 0 aliphatic carbocycles. The molecule has 5 nitrogen and oxygen atoms in total. The van der Waals surface area contributed by atoms with Crippen molar-refractivity contribution in [3.05, 3.63) is 89.0 Å². The van der Waals surface area contributed by atoms with Gasteiger partial charge < -0.3 is 5.32 Å². The van der Waals surface area contributed by atoms with Gasteiger partial charge in [-0.15, -0.1) is 10.2 Å². The average Bonchev–Trinajstić information content (AvgIpc) is 3.24. The van der Waals surface area contributed by atoms with Gasteiger partial charge >= 0.3 is 0 Å². The number of nitrogens with one attached hydrogen (secondary N) is 1. The van der Waals surface area contributed by atoms with Crippen LogP contribution in [0.25, 0.3) is 17.1 Å². The smallest absolute Gasteiger partial charge is 0.234 e. The van der Waals surface area contributed by atoms with Crippen molar-refractivity contribution >= 4 is 23.4 Å². The number of carbonyl (C=O) groups excluding carboxylic acids is 1. The Balaban J connectivity index is 1.60. The van der Waals surface area contributed by atoms with E-state index in [0.29, 0.717) is 5.16 Å². The number of thioether (sulfide) groups is 1. The second-order valence-corrected chi connectivity index (χ2v) is 9.08. The maximum atomic E-state index is 12.8. The van der Waals surface area contributed by atoms with Gasteiger partial charge in [-0.1, -0.05) is 78.8 Å². The maximum absolute atomic E-state index is 12.8. The van der Waals surface area contributed by atoms with Crippen molar-refractivity contribution in [2.45, 2.75) is 39.3 Å². The van der Waals surface area contributed by atoms with E-state index in [-0.39, 0.29) is 11.7 Å². The Morgan fingerprint density at radius 1 is 0.939 bits per heavy atom. The second kappa shape index (κ2) is 10.0. The van der Waals surface area contributed by atoms with E-state index in [1.807, 2.05) is 48.7 Å². The monoisotopic (exact) mass is 456 g/mol. The van der Waals surface area contributed by atoms with Gasteiger partial charge in [0.25, 0.3) is 0 Å². The highest BCUT2D eigenvalue weighted by atomic mass is 32.2. The summed E-state index contributed by atoms with van der Waals surface area (Å²) < 4.78 is 2.02. The molecule has 1 N–H and O–H groups in total. The SMILES string of the molecule is CCc1ccc(-n2c(SCC(=O)Nc3c(C)cc(C)cc3C)nnc2-c2ccccc2)cc1. The number of benzene rings is 3. The summed E-state index contributed by atoms with van der Waals surface area (Å²) in [6.45, 7) is 8.24. The van der Waals surface area contributed by atoms with Crippen LogP contribution in [0.1, 0.15) is 29.2 Å². The van der Waals surface area contributed by atoms with E-state index < -0.39 is 0 Å². The Hall–Kier alpha value is -3.38. The van der Waals surface area contributed by atoms with Gasteiger partial charge in [0, 0.05) is 16.9 Å². The molecule has 33 heavy (non-hydrogen) atoms. The van der Waals surface area contributed by atoms with Crippen LogP contribution in [-0.2, 0) is 11.2 Å². The number of hydrogen-bond acceptors (Lipinski definition) is 4. The fourth-order valence-electron chi connectivity index (χ4n) is 3.93. The maximum Gasteiger partial charge on any atom is 0.234 e. The lowest BCUT2D eigenvalue weighted by Crippen LogP contribution is -2.16. The standard InChI is InChI=1S/C27H28N4OS/c1-5-21-11-13-23(14-12-21)31-26(22-9-7-6-8-10-22)29-30-27(31)33-17-24(32)28-25-19(3)15-18(2)16-20(25)4/h6-16H,5,17H2,1-4H3,(H,28,32). The number of carbonyl (C=O) groups is 1. The zero-order chi connectivity index (χ0) is 23.4. The number of anilines is 1. The highest BCUT2D eigenvalue weighted by Crippen LogP contribution is 2.29. The summed E-state index contributed by atoms with van der Waals surface area (Å²) in [5.74, 6) is 0.937. The molecule has 4 aromatic rings. The molecule has 0 bridgehead atoms. The van der Waals surface area contributed by atoms with Gasteiger partial charge in [-0.2, -0.15) is 0 Å². The summed E-state index contributed by atoms with van der Waals surface area (Å²) in [6, 6.07) is 22.6. The van der Waals surface area contributed by atoms with E-state index in [1.165, 1.54) is 22.9 Å². The normalized spacial score (nSPS) is 10.9. The average molecular weight is 457 g/mol. The van der Waals surface area contributed by atoms with E-state index in [4.69, 9.17) is 0 Å². The van der Waals surface area contributed by atoms with Gasteiger partial charge in [0.15, 0.2) is 11.0 Å². The third-order valence-electron chi connectivity index (χ3n) is 5.54. The molecule has 0 aliphatic rings. The highest BCUT2D eigenvalue weighted by Gasteiger charge is 2.18. The van der Waals surface area contributed by atoms with Crippen LogP contribution in [0, 0.1) is 20.8 Å². The molecule has 0 atom stereocenters. The summed E-state index contributed by atoms with van der Waals surface area (Å²) in [4.78, 5) is 12.8. The fourth-order valence-corrected chi connectivity index (χ4v) is 4.69. The molecule has 168 valence electrons. The van der Waals surface area contributed by atoms with Crippen LogP contribution in [0.4, 0.5) is 5.69 Å². The van der Waals surface area contributed by atoms with Gasteiger partial charge in [-0.05, 0) is 56.0 Å². The third-order valence-corrected chi connectivity index (χ3v) is 6.47. The first-order valence-corrected chi connectivity index (χ1v) is 12.1. The molecule has 1 amide bonds. The van der Waals surface area contributed by atoms with Crippen LogP contribution in [0.15, 0.2) is 71.9 Å². The minimum Gasteiger partial charge on any atom is -0.325 e. The van der Waals surface area contributed by atoms with Crippen molar-refractivity contribution in [2.24, 2.45) is 0 Å². The molecular weight excluding hydrogens is 428 g/mol. The summed E-state index contributed by atoms with van der Waals surface area (Å²) in [5.41, 5.74) is 7.43. The van der Waals surface area contributed by atoms with E-state index in [2.05, 4.69) is 65.8 Å². The molecule has 0 aliphatic heterocycles. The van der Waals surface area contributed by atoms with E-state index >= 15 is 0 Å². The fraction of sp³-hybridized carbons (Fsp3) is 0.222. The van der Waals surface area contributed by atoms with E-state index in [9.17, 15) is 4.79 Å². The molecule has 3 aromatic carbocycles. The predicted molar refractivity (Wildman–Crippen MR) is 136 cm³/mol. The molecule has 0 fully saturated rings. The van der Waals surface area contributed by atoms with Crippen molar-refractivity contribution in [2.75, 3.05) is 11.1 Å². The molecule has 6 heteroatoms. The van der Waals surface area contributed by atoms with Crippen molar-refractivity contribution in [3.63, 3.8) is 0 Å². The zero-order valence-corrected chi connectivity index (χ0v) is 20.2. The van der Waals surface area contributed by atoms with Crippen LogP contribution in [-0.4, -0.2) is 26.4 Å². The number of amides is 1. The molecule has 0 unspecified atom stereocenters. The molecule has 1 heterocycles. The van der Waals surface area contributed by atoms with Gasteiger partial charge in [-0.25, -0.2) is 0 Å². The lowest BCUT2D eigenvalue weighted by Gasteiger charge is -2.13. The second-order valence-electron chi connectivity index (χ2n) is 8.14. The summed E-state index contributed by atoms with van der Waals surface area (Å²) in [7, 11) is 0. The highest BCUT2D eigenvalue weighted by molar-refractivity contribution is 7.99. The lowest BCUT2D eigenvalue weighted by molar-refractivity contribution is -0.113. The quantitative estimate of drug-likeness (QED) is 0.339. The lowest BCUT2D eigenvalue weighted by atomic mass is 10.1.